The van der Waals surface area contributed by atoms with E-state index in [4.69, 9.17) is 23.2 Å². The van der Waals surface area contributed by atoms with E-state index < -0.39 is 0 Å². The van der Waals surface area contributed by atoms with Gasteiger partial charge in [0.25, 0.3) is 5.91 Å². The third-order valence-electron chi connectivity index (χ3n) is 3.08. The second-order valence-corrected chi connectivity index (χ2v) is 6.72. The summed E-state index contributed by atoms with van der Waals surface area (Å²) in [5, 5.41) is 5.87. The maximum absolute atomic E-state index is 12.2. The van der Waals surface area contributed by atoms with Gasteiger partial charge in [0, 0.05) is 27.0 Å². The van der Waals surface area contributed by atoms with E-state index >= 15 is 0 Å². The number of likely N-dealkylation sites (N-methyl/N-ethyl adjacent to an activating group) is 1. The summed E-state index contributed by atoms with van der Waals surface area (Å²) in [6.45, 7) is 0.524. The zero-order valence-electron chi connectivity index (χ0n) is 11.8. The summed E-state index contributed by atoms with van der Waals surface area (Å²) >= 11 is 13.5. The minimum Gasteiger partial charge on any atom is -0.350 e. The van der Waals surface area contributed by atoms with Crippen LogP contribution in [0.15, 0.2) is 35.7 Å². The molecule has 2 rings (SSSR count). The summed E-state index contributed by atoms with van der Waals surface area (Å²) in [6, 6.07) is 9.04. The van der Waals surface area contributed by atoms with Crippen molar-refractivity contribution in [2.45, 2.75) is 6.04 Å². The Morgan fingerprint density at radius 3 is 2.48 bits per heavy atom. The van der Waals surface area contributed by atoms with Gasteiger partial charge in [-0.2, -0.15) is 0 Å². The second-order valence-electron chi connectivity index (χ2n) is 4.86. The molecule has 3 nitrogen and oxygen atoms in total. The minimum atomic E-state index is -0.178. The predicted molar refractivity (Wildman–Crippen MR) is 89.5 cm³/mol. The number of amides is 1. The highest BCUT2D eigenvalue weighted by Gasteiger charge is 2.17. The van der Waals surface area contributed by atoms with Gasteiger partial charge in [-0.3, -0.25) is 4.79 Å². The maximum Gasteiger partial charge on any atom is 0.251 e. The molecule has 0 bridgehead atoms. The Morgan fingerprint density at radius 1 is 1.29 bits per heavy atom. The summed E-state index contributed by atoms with van der Waals surface area (Å²) in [4.78, 5) is 15.5. The molecule has 2 aromatic rings. The van der Waals surface area contributed by atoms with Crippen molar-refractivity contribution in [3.05, 3.63) is 56.2 Å². The fourth-order valence-corrected chi connectivity index (χ4v) is 3.44. The van der Waals surface area contributed by atoms with Crippen LogP contribution in [-0.4, -0.2) is 31.4 Å². The Balaban J connectivity index is 2.05. The van der Waals surface area contributed by atoms with Crippen LogP contribution < -0.4 is 5.32 Å². The molecular weight excluding hydrogens is 327 g/mol. The van der Waals surface area contributed by atoms with Crippen molar-refractivity contribution in [2.75, 3.05) is 20.6 Å². The van der Waals surface area contributed by atoms with Crippen molar-refractivity contribution in [1.29, 1.82) is 0 Å². The molecule has 1 amide bonds. The van der Waals surface area contributed by atoms with E-state index in [-0.39, 0.29) is 11.9 Å². The van der Waals surface area contributed by atoms with Crippen LogP contribution in [0.2, 0.25) is 10.0 Å². The van der Waals surface area contributed by atoms with Gasteiger partial charge in [-0.05, 0) is 43.7 Å². The van der Waals surface area contributed by atoms with Crippen molar-refractivity contribution in [3.8, 4) is 0 Å². The third-order valence-corrected chi connectivity index (χ3v) is 4.49. The standard InChI is InChI=1S/C15H16Cl2N2OS/c1-19(2)13(14-4-3-5-21-14)9-18-15(20)10-6-11(16)8-12(17)7-10/h3-8,13H,9H2,1-2H3,(H,18,20). The van der Waals surface area contributed by atoms with Crippen LogP contribution in [-0.2, 0) is 0 Å². The van der Waals surface area contributed by atoms with Gasteiger partial charge >= 0.3 is 0 Å². The Bertz CT molecular complexity index is 594. The van der Waals surface area contributed by atoms with E-state index in [0.717, 1.165) is 0 Å². The number of rotatable bonds is 5. The topological polar surface area (TPSA) is 32.3 Å². The normalized spacial score (nSPS) is 12.4. The Labute approximate surface area is 138 Å². The highest BCUT2D eigenvalue weighted by molar-refractivity contribution is 7.10. The van der Waals surface area contributed by atoms with Gasteiger partial charge in [-0.1, -0.05) is 29.3 Å². The van der Waals surface area contributed by atoms with Gasteiger partial charge in [-0.15, -0.1) is 11.3 Å². The van der Waals surface area contributed by atoms with Gasteiger partial charge in [0.1, 0.15) is 0 Å². The van der Waals surface area contributed by atoms with E-state index in [0.29, 0.717) is 22.2 Å². The lowest BCUT2D eigenvalue weighted by molar-refractivity contribution is 0.0942. The highest BCUT2D eigenvalue weighted by Crippen LogP contribution is 2.23. The van der Waals surface area contributed by atoms with E-state index in [2.05, 4.69) is 16.3 Å². The number of halogens is 2. The average molecular weight is 343 g/mol. The van der Waals surface area contributed by atoms with Crippen LogP contribution >= 0.6 is 34.5 Å². The third kappa shape index (κ3) is 4.45. The first-order valence-corrected chi connectivity index (χ1v) is 8.05. The lowest BCUT2D eigenvalue weighted by atomic mass is 10.2. The van der Waals surface area contributed by atoms with Crippen LogP contribution in [0.25, 0.3) is 0 Å². The molecule has 1 atom stereocenters. The summed E-state index contributed by atoms with van der Waals surface area (Å²) in [6.07, 6.45) is 0. The molecule has 0 radical (unpaired) electrons. The van der Waals surface area contributed by atoms with Crippen LogP contribution in [0.5, 0.6) is 0 Å². The smallest absolute Gasteiger partial charge is 0.251 e. The molecule has 6 heteroatoms. The second kappa shape index (κ2) is 7.27. The van der Waals surface area contributed by atoms with Crippen LogP contribution in [0.1, 0.15) is 21.3 Å². The number of carbonyl (C=O) groups is 1. The predicted octanol–water partition coefficient (Wildman–Crippen LogP) is 4.09. The average Bonchev–Trinajstić information content (AvgIpc) is 2.91. The van der Waals surface area contributed by atoms with Gasteiger partial charge < -0.3 is 10.2 Å². The Morgan fingerprint density at radius 2 is 1.95 bits per heavy atom. The molecule has 0 aliphatic rings. The number of hydrogen-bond acceptors (Lipinski definition) is 3. The zero-order chi connectivity index (χ0) is 15.4. The van der Waals surface area contributed by atoms with Gasteiger partial charge in [0.15, 0.2) is 0 Å². The van der Waals surface area contributed by atoms with Gasteiger partial charge in [0.05, 0.1) is 6.04 Å². The number of carbonyl (C=O) groups excluding carboxylic acids is 1. The van der Waals surface area contributed by atoms with Gasteiger partial charge in [-0.25, -0.2) is 0 Å². The first-order valence-electron chi connectivity index (χ1n) is 6.41. The van der Waals surface area contributed by atoms with Crippen molar-refractivity contribution < 1.29 is 4.79 Å². The maximum atomic E-state index is 12.2. The Hall–Kier alpha value is -1.07. The minimum absolute atomic E-state index is 0.142. The summed E-state index contributed by atoms with van der Waals surface area (Å²) in [7, 11) is 3.99. The SMILES string of the molecule is CN(C)C(CNC(=O)c1cc(Cl)cc(Cl)c1)c1cccs1. The number of hydrogen-bond donors (Lipinski definition) is 1. The van der Waals surface area contributed by atoms with Crippen molar-refractivity contribution >= 4 is 40.4 Å². The molecule has 0 saturated heterocycles. The fourth-order valence-electron chi connectivity index (χ4n) is 1.99. The molecule has 0 fully saturated rings. The van der Waals surface area contributed by atoms with E-state index in [1.807, 2.05) is 25.5 Å². The van der Waals surface area contributed by atoms with Crippen LogP contribution in [0, 0.1) is 0 Å². The molecule has 1 aromatic heterocycles. The summed E-state index contributed by atoms with van der Waals surface area (Å²) in [5.74, 6) is -0.178. The molecule has 0 spiro atoms. The monoisotopic (exact) mass is 342 g/mol. The molecular formula is C15H16Cl2N2OS. The molecule has 112 valence electrons. The number of nitrogens with zero attached hydrogens (tertiary/aromatic N) is 1. The molecule has 1 N–H and O–H groups in total. The van der Waals surface area contributed by atoms with Crippen molar-refractivity contribution in [1.82, 2.24) is 10.2 Å². The van der Waals surface area contributed by atoms with Crippen LogP contribution in [0.4, 0.5) is 0 Å². The molecule has 0 aliphatic heterocycles. The lowest BCUT2D eigenvalue weighted by Crippen LogP contribution is -2.34. The quantitative estimate of drug-likeness (QED) is 0.887. The molecule has 21 heavy (non-hydrogen) atoms. The summed E-state index contributed by atoms with van der Waals surface area (Å²) < 4.78 is 0. The van der Waals surface area contributed by atoms with Crippen molar-refractivity contribution in [2.24, 2.45) is 0 Å². The van der Waals surface area contributed by atoms with Crippen molar-refractivity contribution in [3.63, 3.8) is 0 Å². The first-order chi connectivity index (χ1) is 9.97. The molecule has 0 saturated carbocycles. The number of nitrogens with one attached hydrogen (secondary N) is 1. The molecule has 1 heterocycles. The number of thiophene rings is 1. The summed E-state index contributed by atoms with van der Waals surface area (Å²) in [5.41, 5.74) is 0.469. The molecule has 1 unspecified atom stereocenters. The zero-order valence-corrected chi connectivity index (χ0v) is 14.1. The van der Waals surface area contributed by atoms with E-state index in [9.17, 15) is 4.79 Å². The van der Waals surface area contributed by atoms with Crippen LogP contribution in [0.3, 0.4) is 0 Å². The lowest BCUT2D eigenvalue weighted by Gasteiger charge is -2.23. The fraction of sp³-hybridized carbons (Fsp3) is 0.267. The highest BCUT2D eigenvalue weighted by atomic mass is 35.5. The first kappa shape index (κ1) is 16.3. The Kier molecular flexibility index (Phi) is 5.65. The largest absolute Gasteiger partial charge is 0.350 e. The van der Waals surface area contributed by atoms with Gasteiger partial charge in [0.2, 0.25) is 0 Å². The van der Waals surface area contributed by atoms with E-state index in [1.54, 1.807) is 29.5 Å². The number of benzene rings is 1. The van der Waals surface area contributed by atoms with E-state index in [1.165, 1.54) is 4.88 Å². The molecule has 1 aromatic carbocycles. The molecule has 0 aliphatic carbocycles.